The number of allylic oxidation sites excluding steroid dienone is 2. The predicted molar refractivity (Wildman–Crippen MR) is 123 cm³/mol. The molecule has 0 aromatic rings. The smallest absolute Gasteiger partial charge is 0.114 e. The Morgan fingerprint density at radius 1 is 0.867 bits per heavy atom. The normalized spacial score (nSPS) is 22.9. The first-order valence-electron chi connectivity index (χ1n) is 12.6. The highest BCUT2D eigenvalue weighted by molar-refractivity contribution is 4.88. The van der Waals surface area contributed by atoms with Crippen LogP contribution in [-0.4, -0.2) is 59.6 Å². The molecule has 1 aliphatic rings. The average molecular weight is 429 g/mol. The lowest BCUT2D eigenvalue weighted by atomic mass is 10.1. The van der Waals surface area contributed by atoms with Crippen LogP contribution in [0.2, 0.25) is 0 Å². The topological polar surface area (TPSA) is 79.2 Å². The zero-order valence-electron chi connectivity index (χ0n) is 19.4. The lowest BCUT2D eigenvalue weighted by Gasteiger charge is -2.20. The summed E-state index contributed by atoms with van der Waals surface area (Å²) >= 11 is 0. The van der Waals surface area contributed by atoms with E-state index in [0.717, 1.165) is 12.8 Å². The third kappa shape index (κ3) is 13.1. The van der Waals surface area contributed by atoms with Crippen molar-refractivity contribution in [3.05, 3.63) is 12.2 Å². The summed E-state index contributed by atoms with van der Waals surface area (Å²) in [5.41, 5.74) is 0. The molecule has 0 aromatic heterocycles. The Hall–Kier alpha value is -0.460. The van der Waals surface area contributed by atoms with Crippen LogP contribution in [-0.2, 0) is 9.47 Å². The summed E-state index contributed by atoms with van der Waals surface area (Å²) in [6, 6.07) is 0. The molecule has 0 saturated carbocycles. The molecule has 5 nitrogen and oxygen atoms in total. The van der Waals surface area contributed by atoms with Gasteiger partial charge < -0.3 is 24.8 Å². The third-order valence-electron chi connectivity index (χ3n) is 5.97. The third-order valence-corrected chi connectivity index (χ3v) is 5.97. The van der Waals surface area contributed by atoms with Crippen LogP contribution in [0.3, 0.4) is 0 Å². The van der Waals surface area contributed by atoms with Crippen molar-refractivity contribution in [1.29, 1.82) is 0 Å². The summed E-state index contributed by atoms with van der Waals surface area (Å²) in [6.07, 6.45) is 21.0. The molecule has 1 heterocycles. The van der Waals surface area contributed by atoms with Gasteiger partial charge in [-0.3, -0.25) is 0 Å². The number of hydrogen-bond donors (Lipinski definition) is 3. The van der Waals surface area contributed by atoms with E-state index in [-0.39, 0.29) is 6.61 Å². The Morgan fingerprint density at radius 3 is 1.97 bits per heavy atom. The van der Waals surface area contributed by atoms with Crippen molar-refractivity contribution in [2.45, 2.75) is 128 Å². The second-order valence-electron chi connectivity index (χ2n) is 8.74. The number of hydrogen-bond acceptors (Lipinski definition) is 5. The van der Waals surface area contributed by atoms with Crippen LogP contribution >= 0.6 is 0 Å². The summed E-state index contributed by atoms with van der Waals surface area (Å²) in [4.78, 5) is 0. The maximum Gasteiger partial charge on any atom is 0.114 e. The molecule has 1 saturated heterocycles. The first kappa shape index (κ1) is 27.6. The summed E-state index contributed by atoms with van der Waals surface area (Å²) < 4.78 is 11.0. The molecule has 178 valence electrons. The first-order valence-corrected chi connectivity index (χ1v) is 12.6. The number of aliphatic hydroxyl groups excluding tert-OH is 3. The molecule has 1 fully saturated rings. The largest absolute Gasteiger partial charge is 0.394 e. The molecule has 1 aliphatic heterocycles. The van der Waals surface area contributed by atoms with Crippen molar-refractivity contribution >= 4 is 0 Å². The van der Waals surface area contributed by atoms with Crippen LogP contribution in [0.25, 0.3) is 0 Å². The van der Waals surface area contributed by atoms with Gasteiger partial charge in [-0.05, 0) is 32.1 Å². The zero-order chi connectivity index (χ0) is 21.9. The highest BCUT2D eigenvalue weighted by Crippen LogP contribution is 2.20. The van der Waals surface area contributed by atoms with Crippen LogP contribution in [0.1, 0.15) is 103 Å². The van der Waals surface area contributed by atoms with Gasteiger partial charge in [0.15, 0.2) is 0 Å². The number of rotatable bonds is 20. The highest BCUT2D eigenvalue weighted by atomic mass is 16.6. The van der Waals surface area contributed by atoms with Crippen LogP contribution in [0.4, 0.5) is 0 Å². The minimum atomic E-state index is -1.05. The number of unbranched alkanes of at least 4 members (excludes halogenated alkanes) is 13. The lowest BCUT2D eigenvalue weighted by molar-refractivity contribution is -0.0730. The van der Waals surface area contributed by atoms with E-state index in [2.05, 4.69) is 19.1 Å². The first-order chi connectivity index (χ1) is 14.7. The minimum absolute atomic E-state index is 0.275. The van der Waals surface area contributed by atoms with Gasteiger partial charge in [-0.15, -0.1) is 0 Å². The van der Waals surface area contributed by atoms with Gasteiger partial charge in [0.05, 0.1) is 13.2 Å². The molecule has 30 heavy (non-hydrogen) atoms. The van der Waals surface area contributed by atoms with E-state index < -0.39 is 31.0 Å². The molecule has 0 aromatic carbocycles. The Kier molecular flexibility index (Phi) is 17.7. The monoisotopic (exact) mass is 428 g/mol. The molecule has 3 N–H and O–H groups in total. The van der Waals surface area contributed by atoms with Gasteiger partial charge in [0, 0.05) is 6.61 Å². The second-order valence-corrected chi connectivity index (χ2v) is 8.74. The van der Waals surface area contributed by atoms with Gasteiger partial charge in [-0.2, -0.15) is 0 Å². The number of ether oxygens (including phenoxy) is 2. The SMILES string of the molecule is CCCCCCC/C=C/CCCCCCCCCCO[C@@H]1CO[C@@H]([C@@H](O)CO)[C@H]1O. The van der Waals surface area contributed by atoms with E-state index in [4.69, 9.17) is 14.6 Å². The van der Waals surface area contributed by atoms with Crippen molar-refractivity contribution in [2.75, 3.05) is 19.8 Å². The van der Waals surface area contributed by atoms with Crippen LogP contribution < -0.4 is 0 Å². The summed E-state index contributed by atoms with van der Waals surface area (Å²) in [7, 11) is 0. The van der Waals surface area contributed by atoms with Gasteiger partial charge in [0.1, 0.15) is 24.4 Å². The molecular weight excluding hydrogens is 380 g/mol. The average Bonchev–Trinajstić information content (AvgIpc) is 3.12. The molecule has 0 radical (unpaired) electrons. The Morgan fingerprint density at radius 2 is 1.40 bits per heavy atom. The Balaban J connectivity index is 1.81. The zero-order valence-corrected chi connectivity index (χ0v) is 19.4. The fourth-order valence-electron chi connectivity index (χ4n) is 3.97. The van der Waals surface area contributed by atoms with E-state index in [1.54, 1.807) is 0 Å². The summed E-state index contributed by atoms with van der Waals surface area (Å²) in [5, 5.41) is 28.6. The van der Waals surface area contributed by atoms with E-state index >= 15 is 0 Å². The predicted octanol–water partition coefficient (Wildman–Crippen LogP) is 4.91. The van der Waals surface area contributed by atoms with Crippen molar-refractivity contribution in [1.82, 2.24) is 0 Å². The molecule has 0 amide bonds. The van der Waals surface area contributed by atoms with E-state index in [0.29, 0.717) is 6.61 Å². The van der Waals surface area contributed by atoms with E-state index in [1.807, 2.05) is 0 Å². The summed E-state index contributed by atoms with van der Waals surface area (Å²) in [6.45, 7) is 2.74. The molecule has 0 aliphatic carbocycles. The molecule has 4 atom stereocenters. The van der Waals surface area contributed by atoms with Gasteiger partial charge in [0.25, 0.3) is 0 Å². The van der Waals surface area contributed by atoms with Crippen molar-refractivity contribution in [3.8, 4) is 0 Å². The Bertz CT molecular complexity index is 401. The standard InChI is InChI=1S/C25H48O5/c1-2-3-4-5-6-7-8-9-10-11-12-13-14-15-16-17-18-19-29-23-21-30-25(24(23)28)22(27)20-26/h8-9,22-28H,2-7,10-21H2,1H3/b9-8+/t22-,23+,24-,25-/m0/s1. The maximum absolute atomic E-state index is 10.1. The van der Waals surface area contributed by atoms with Gasteiger partial charge in [-0.25, -0.2) is 0 Å². The van der Waals surface area contributed by atoms with Gasteiger partial charge in [-0.1, -0.05) is 83.3 Å². The molecule has 5 heteroatoms. The van der Waals surface area contributed by atoms with Gasteiger partial charge in [0.2, 0.25) is 0 Å². The fourth-order valence-corrected chi connectivity index (χ4v) is 3.97. The van der Waals surface area contributed by atoms with E-state index in [9.17, 15) is 10.2 Å². The fraction of sp³-hybridized carbons (Fsp3) is 0.920. The summed E-state index contributed by atoms with van der Waals surface area (Å²) in [5.74, 6) is 0. The molecule has 0 spiro atoms. The number of aliphatic hydroxyl groups is 3. The van der Waals surface area contributed by atoms with Crippen molar-refractivity contribution in [2.24, 2.45) is 0 Å². The van der Waals surface area contributed by atoms with Crippen molar-refractivity contribution in [3.63, 3.8) is 0 Å². The Labute approximate surface area is 184 Å². The lowest BCUT2D eigenvalue weighted by Crippen LogP contribution is -2.41. The molecule has 0 unspecified atom stereocenters. The highest BCUT2D eigenvalue weighted by Gasteiger charge is 2.40. The van der Waals surface area contributed by atoms with Crippen molar-refractivity contribution < 1.29 is 24.8 Å². The van der Waals surface area contributed by atoms with Crippen LogP contribution in [0.15, 0.2) is 12.2 Å². The van der Waals surface area contributed by atoms with Crippen LogP contribution in [0.5, 0.6) is 0 Å². The quantitative estimate of drug-likeness (QED) is 0.190. The second kappa shape index (κ2) is 19.2. The molecule has 0 bridgehead atoms. The van der Waals surface area contributed by atoms with Gasteiger partial charge >= 0.3 is 0 Å². The molecule has 1 rings (SSSR count). The minimum Gasteiger partial charge on any atom is -0.394 e. The van der Waals surface area contributed by atoms with E-state index in [1.165, 1.54) is 83.5 Å². The molecular formula is C25H48O5. The maximum atomic E-state index is 10.1. The van der Waals surface area contributed by atoms with Crippen LogP contribution in [0, 0.1) is 0 Å².